The first-order valence-corrected chi connectivity index (χ1v) is 18.9. The Morgan fingerprint density at radius 1 is 0.638 bits per heavy atom. The maximum Gasteiger partial charge on any atom is 0.472 e. The number of esters is 2. The van der Waals surface area contributed by atoms with Crippen molar-refractivity contribution in [3.63, 3.8) is 0 Å². The normalized spacial score (nSPS) is 14.4. The van der Waals surface area contributed by atoms with E-state index in [0.717, 1.165) is 77.0 Å². The summed E-state index contributed by atoms with van der Waals surface area (Å²) in [5.41, 5.74) is 5.31. The van der Waals surface area contributed by atoms with E-state index in [1.165, 1.54) is 0 Å². The maximum absolute atomic E-state index is 12.5. The molecule has 0 aromatic carbocycles. The number of allylic oxidation sites excluding steroid dienone is 12. The SMILES string of the molecule is CC/C=C\C/C=C\C/C=C\CCCCCC(=O)OCC(COP(=O)(O)OCCN)OC(=O)CCCCC/C=C\C/C=C\C/C=C\CC. The first-order chi connectivity index (χ1) is 22.8. The maximum atomic E-state index is 12.5. The van der Waals surface area contributed by atoms with Gasteiger partial charge in [-0.3, -0.25) is 18.6 Å². The fourth-order valence-corrected chi connectivity index (χ4v) is 4.84. The van der Waals surface area contributed by atoms with Crippen LogP contribution in [0.15, 0.2) is 72.9 Å². The Morgan fingerprint density at radius 3 is 1.60 bits per heavy atom. The molecule has 0 radical (unpaired) electrons. The number of phosphoric acid groups is 1. The van der Waals surface area contributed by atoms with E-state index in [9.17, 15) is 19.0 Å². The molecule has 0 rings (SSSR count). The predicted molar refractivity (Wildman–Crippen MR) is 192 cm³/mol. The standard InChI is InChI=1S/C37H62NO8P/c1-3-5-7-9-11-13-15-17-19-21-23-25-27-29-36(39)43-33-35(34-45-47(41,42)44-32-31-38)46-37(40)30-28-26-24-22-20-18-16-14-12-10-8-6-4-2/h5-8,11-14,17-20,35H,3-4,9-10,15-16,21-34,38H2,1-2H3,(H,41,42)/b7-5-,8-6-,13-11-,14-12-,19-17-,20-18-. The average molecular weight is 680 g/mol. The van der Waals surface area contributed by atoms with Crippen molar-refractivity contribution in [3.05, 3.63) is 72.9 Å². The van der Waals surface area contributed by atoms with Crippen molar-refractivity contribution < 1.29 is 37.6 Å². The van der Waals surface area contributed by atoms with Crippen LogP contribution >= 0.6 is 7.82 Å². The number of hydrogen-bond donors (Lipinski definition) is 2. The van der Waals surface area contributed by atoms with Crippen LogP contribution in [0.2, 0.25) is 0 Å². The summed E-state index contributed by atoms with van der Waals surface area (Å²) in [6, 6.07) is 0. The summed E-state index contributed by atoms with van der Waals surface area (Å²) in [5.74, 6) is -0.910. The van der Waals surface area contributed by atoms with E-state index in [0.29, 0.717) is 12.8 Å². The number of rotatable bonds is 31. The van der Waals surface area contributed by atoms with Gasteiger partial charge in [0.1, 0.15) is 6.61 Å². The lowest BCUT2D eigenvalue weighted by Gasteiger charge is -2.19. The molecule has 0 amide bonds. The average Bonchev–Trinajstić information content (AvgIpc) is 3.05. The molecule has 2 unspecified atom stereocenters. The molecule has 268 valence electrons. The Kier molecular flexibility index (Phi) is 31.5. The van der Waals surface area contributed by atoms with Gasteiger partial charge < -0.3 is 20.1 Å². The predicted octanol–water partition coefficient (Wildman–Crippen LogP) is 9.15. The molecule has 0 fully saturated rings. The lowest BCUT2D eigenvalue weighted by atomic mass is 10.1. The third kappa shape index (κ3) is 33.2. The second-order valence-electron chi connectivity index (χ2n) is 11.0. The highest BCUT2D eigenvalue weighted by Gasteiger charge is 2.25. The summed E-state index contributed by atoms with van der Waals surface area (Å²) in [4.78, 5) is 34.6. The molecule has 0 saturated carbocycles. The minimum Gasteiger partial charge on any atom is -0.462 e. The second kappa shape index (κ2) is 33.4. The third-order valence-electron chi connectivity index (χ3n) is 6.59. The van der Waals surface area contributed by atoms with Gasteiger partial charge in [0.05, 0.1) is 13.2 Å². The van der Waals surface area contributed by atoms with E-state index in [1.807, 2.05) is 0 Å². The highest BCUT2D eigenvalue weighted by Crippen LogP contribution is 2.43. The molecule has 0 aliphatic heterocycles. The molecule has 47 heavy (non-hydrogen) atoms. The van der Waals surface area contributed by atoms with E-state index in [-0.39, 0.29) is 32.6 Å². The first-order valence-electron chi connectivity index (χ1n) is 17.4. The summed E-state index contributed by atoms with van der Waals surface area (Å²) in [6.07, 6.45) is 38.0. The molecule has 0 bridgehead atoms. The van der Waals surface area contributed by atoms with Crippen LogP contribution in [0.25, 0.3) is 0 Å². The number of carbonyl (C=O) groups excluding carboxylic acids is 2. The van der Waals surface area contributed by atoms with Crippen molar-refractivity contribution in [2.75, 3.05) is 26.4 Å². The van der Waals surface area contributed by atoms with E-state index in [4.69, 9.17) is 24.3 Å². The van der Waals surface area contributed by atoms with Crippen molar-refractivity contribution in [2.24, 2.45) is 5.73 Å². The van der Waals surface area contributed by atoms with Crippen molar-refractivity contribution in [1.82, 2.24) is 0 Å². The molecule has 0 aromatic rings. The summed E-state index contributed by atoms with van der Waals surface area (Å²) < 4.78 is 32.5. The van der Waals surface area contributed by atoms with E-state index in [2.05, 4.69) is 86.8 Å². The summed E-state index contributed by atoms with van der Waals surface area (Å²) in [5, 5.41) is 0. The number of nitrogens with two attached hydrogens (primary N) is 1. The van der Waals surface area contributed by atoms with Crippen LogP contribution < -0.4 is 5.73 Å². The summed E-state index contributed by atoms with van der Waals surface area (Å²) in [6.45, 7) is 3.38. The molecule has 0 saturated heterocycles. The number of ether oxygens (including phenoxy) is 2. The van der Waals surface area contributed by atoms with Crippen LogP contribution in [-0.4, -0.2) is 49.3 Å². The molecule has 3 N–H and O–H groups in total. The van der Waals surface area contributed by atoms with Gasteiger partial charge >= 0.3 is 19.8 Å². The lowest BCUT2D eigenvalue weighted by molar-refractivity contribution is -0.161. The Labute approximate surface area is 284 Å². The van der Waals surface area contributed by atoms with Crippen molar-refractivity contribution in [3.8, 4) is 0 Å². The van der Waals surface area contributed by atoms with Crippen molar-refractivity contribution in [2.45, 2.75) is 123 Å². The van der Waals surface area contributed by atoms with Crippen LogP contribution in [0.5, 0.6) is 0 Å². The summed E-state index contributed by atoms with van der Waals surface area (Å²) in [7, 11) is -4.39. The Balaban J connectivity index is 4.39. The fraction of sp³-hybridized carbons (Fsp3) is 0.622. The number of carbonyl (C=O) groups is 2. The van der Waals surface area contributed by atoms with Crippen LogP contribution in [0, 0.1) is 0 Å². The number of unbranched alkanes of at least 4 members (excludes halogenated alkanes) is 6. The van der Waals surface area contributed by atoms with Crippen LogP contribution in [0.1, 0.15) is 117 Å². The molecule has 2 atom stereocenters. The van der Waals surface area contributed by atoms with Gasteiger partial charge in [0.15, 0.2) is 6.10 Å². The number of phosphoric ester groups is 1. The first kappa shape index (κ1) is 44.5. The largest absolute Gasteiger partial charge is 0.472 e. The van der Waals surface area contributed by atoms with Crippen molar-refractivity contribution >= 4 is 19.8 Å². The van der Waals surface area contributed by atoms with Gasteiger partial charge in [-0.05, 0) is 77.0 Å². The van der Waals surface area contributed by atoms with Crippen LogP contribution in [0.4, 0.5) is 0 Å². The summed E-state index contributed by atoms with van der Waals surface area (Å²) >= 11 is 0. The third-order valence-corrected chi connectivity index (χ3v) is 7.57. The van der Waals surface area contributed by atoms with Crippen LogP contribution in [-0.2, 0) is 32.7 Å². The smallest absolute Gasteiger partial charge is 0.462 e. The molecule has 0 aliphatic carbocycles. The zero-order valence-corrected chi connectivity index (χ0v) is 29.9. The molecule has 0 heterocycles. The van der Waals surface area contributed by atoms with Gasteiger partial charge in [-0.15, -0.1) is 0 Å². The molecule has 10 heteroatoms. The Bertz CT molecular complexity index is 1000. The molecule has 0 aromatic heterocycles. The van der Waals surface area contributed by atoms with Gasteiger partial charge in [0.25, 0.3) is 0 Å². The highest BCUT2D eigenvalue weighted by atomic mass is 31.2. The monoisotopic (exact) mass is 679 g/mol. The molecule has 0 aliphatic rings. The topological polar surface area (TPSA) is 134 Å². The van der Waals surface area contributed by atoms with E-state index < -0.39 is 32.5 Å². The van der Waals surface area contributed by atoms with Crippen molar-refractivity contribution in [1.29, 1.82) is 0 Å². The minimum atomic E-state index is -4.39. The van der Waals surface area contributed by atoms with E-state index in [1.54, 1.807) is 0 Å². The zero-order chi connectivity index (χ0) is 34.7. The quantitative estimate of drug-likeness (QED) is 0.0318. The highest BCUT2D eigenvalue weighted by molar-refractivity contribution is 7.47. The van der Waals surface area contributed by atoms with Gasteiger partial charge in [-0.2, -0.15) is 0 Å². The molecular formula is C37H62NO8P. The fourth-order valence-electron chi connectivity index (χ4n) is 4.07. The number of hydrogen-bond acceptors (Lipinski definition) is 8. The Hall–Kier alpha value is -2.55. The molecule has 0 spiro atoms. The van der Waals surface area contributed by atoms with Gasteiger partial charge in [-0.1, -0.05) is 99.6 Å². The molecular weight excluding hydrogens is 617 g/mol. The van der Waals surface area contributed by atoms with Crippen LogP contribution in [0.3, 0.4) is 0 Å². The Morgan fingerprint density at radius 2 is 1.11 bits per heavy atom. The molecule has 9 nitrogen and oxygen atoms in total. The van der Waals surface area contributed by atoms with Gasteiger partial charge in [-0.25, -0.2) is 4.57 Å². The minimum absolute atomic E-state index is 0.0402. The van der Waals surface area contributed by atoms with Gasteiger partial charge in [0, 0.05) is 19.4 Å². The second-order valence-corrected chi connectivity index (χ2v) is 12.4. The van der Waals surface area contributed by atoms with Gasteiger partial charge in [0.2, 0.25) is 0 Å². The van der Waals surface area contributed by atoms with E-state index >= 15 is 0 Å². The zero-order valence-electron chi connectivity index (χ0n) is 29.0. The lowest BCUT2D eigenvalue weighted by Crippen LogP contribution is -2.29.